The number of nitrogens with two attached hydrogens (primary N) is 1. The molecule has 1 aromatic carbocycles. The van der Waals surface area contributed by atoms with E-state index in [4.69, 9.17) is 22.1 Å². The molecule has 0 unspecified atom stereocenters. The van der Waals surface area contributed by atoms with Gasteiger partial charge in [-0.05, 0) is 18.2 Å². The first-order chi connectivity index (χ1) is 9.54. The third-order valence-electron chi connectivity index (χ3n) is 2.50. The fraction of sp³-hybridized carbons (Fsp3) is 0.385. The minimum absolute atomic E-state index is 0.147. The summed E-state index contributed by atoms with van der Waals surface area (Å²) < 4.78 is 4.81. The summed E-state index contributed by atoms with van der Waals surface area (Å²) in [6.07, 6.45) is 0.196. The summed E-state index contributed by atoms with van der Waals surface area (Å²) in [6.45, 7) is 1.14. The van der Waals surface area contributed by atoms with Gasteiger partial charge in [0.1, 0.15) is 0 Å². The van der Waals surface area contributed by atoms with Crippen LogP contribution in [0.1, 0.15) is 16.8 Å². The van der Waals surface area contributed by atoms with Crippen LogP contribution in [0.15, 0.2) is 18.2 Å². The summed E-state index contributed by atoms with van der Waals surface area (Å²) in [4.78, 5) is 23.2. The van der Waals surface area contributed by atoms with Gasteiger partial charge in [-0.25, -0.2) is 0 Å². The van der Waals surface area contributed by atoms with Crippen LogP contribution >= 0.6 is 11.6 Å². The van der Waals surface area contributed by atoms with Gasteiger partial charge in [0.05, 0.1) is 17.2 Å². The van der Waals surface area contributed by atoms with Gasteiger partial charge in [-0.2, -0.15) is 0 Å². The molecule has 2 amide bonds. The maximum Gasteiger partial charge on any atom is 0.252 e. The standard InChI is InChI=1S/C13H18ClN3O3/c1-20-7-6-16-12(18)4-5-17-13(19)10-3-2-9(15)8-11(10)14/h2-3,8H,4-7,15H2,1H3,(H,16,18)(H,17,19). The third-order valence-corrected chi connectivity index (χ3v) is 2.82. The molecule has 0 radical (unpaired) electrons. The Balaban J connectivity index is 2.34. The van der Waals surface area contributed by atoms with Crippen LogP contribution in [0.5, 0.6) is 0 Å². The lowest BCUT2D eigenvalue weighted by atomic mass is 10.2. The van der Waals surface area contributed by atoms with Gasteiger partial charge < -0.3 is 21.1 Å². The van der Waals surface area contributed by atoms with E-state index in [1.165, 1.54) is 6.07 Å². The predicted octanol–water partition coefficient (Wildman–Crippen LogP) is 0.805. The molecule has 0 atom stereocenters. The zero-order valence-corrected chi connectivity index (χ0v) is 12.0. The maximum absolute atomic E-state index is 11.8. The number of ether oxygens (including phenoxy) is 1. The van der Waals surface area contributed by atoms with Crippen molar-refractivity contribution in [1.29, 1.82) is 0 Å². The van der Waals surface area contributed by atoms with Crippen molar-refractivity contribution in [3.63, 3.8) is 0 Å². The highest BCUT2D eigenvalue weighted by Gasteiger charge is 2.10. The van der Waals surface area contributed by atoms with E-state index in [9.17, 15) is 9.59 Å². The predicted molar refractivity (Wildman–Crippen MR) is 77.7 cm³/mol. The lowest BCUT2D eigenvalue weighted by Gasteiger charge is -2.08. The highest BCUT2D eigenvalue weighted by molar-refractivity contribution is 6.34. The number of carbonyl (C=O) groups is 2. The largest absolute Gasteiger partial charge is 0.399 e. The Bertz CT molecular complexity index is 480. The molecule has 0 saturated heterocycles. The Kier molecular flexibility index (Phi) is 6.83. The number of nitrogen functional groups attached to an aromatic ring is 1. The van der Waals surface area contributed by atoms with Crippen molar-refractivity contribution in [3.8, 4) is 0 Å². The van der Waals surface area contributed by atoms with Gasteiger partial charge in [-0.3, -0.25) is 9.59 Å². The number of benzene rings is 1. The molecule has 110 valence electrons. The Morgan fingerprint density at radius 1 is 1.30 bits per heavy atom. The second-order valence-corrected chi connectivity index (χ2v) is 4.50. The van der Waals surface area contributed by atoms with Crippen LogP contribution in [0.25, 0.3) is 0 Å². The van der Waals surface area contributed by atoms with Crippen LogP contribution < -0.4 is 16.4 Å². The number of hydrogen-bond acceptors (Lipinski definition) is 4. The molecule has 0 aliphatic rings. The molecule has 1 rings (SSSR count). The number of carbonyl (C=O) groups excluding carboxylic acids is 2. The number of methoxy groups -OCH3 is 1. The normalized spacial score (nSPS) is 10.1. The SMILES string of the molecule is COCCNC(=O)CCNC(=O)c1ccc(N)cc1Cl. The molecule has 4 N–H and O–H groups in total. The van der Waals surface area contributed by atoms with Gasteiger partial charge in [0.15, 0.2) is 0 Å². The second kappa shape index (κ2) is 8.39. The van der Waals surface area contributed by atoms with E-state index in [2.05, 4.69) is 10.6 Å². The lowest BCUT2D eigenvalue weighted by Crippen LogP contribution is -2.32. The van der Waals surface area contributed by atoms with E-state index in [0.29, 0.717) is 24.4 Å². The topological polar surface area (TPSA) is 93.5 Å². The number of amides is 2. The minimum atomic E-state index is -0.334. The van der Waals surface area contributed by atoms with Gasteiger partial charge >= 0.3 is 0 Å². The molecule has 0 saturated carbocycles. The fourth-order valence-electron chi connectivity index (χ4n) is 1.48. The van der Waals surface area contributed by atoms with Gasteiger partial charge in [-0.15, -0.1) is 0 Å². The summed E-state index contributed by atoms with van der Waals surface area (Å²) in [5, 5.41) is 5.57. The minimum Gasteiger partial charge on any atom is -0.399 e. The van der Waals surface area contributed by atoms with Crippen LogP contribution in [0.4, 0.5) is 5.69 Å². The monoisotopic (exact) mass is 299 g/mol. The molecule has 0 aliphatic carbocycles. The summed E-state index contributed by atoms with van der Waals surface area (Å²) in [5.41, 5.74) is 6.37. The third kappa shape index (κ3) is 5.46. The van der Waals surface area contributed by atoms with Crippen molar-refractivity contribution >= 4 is 29.1 Å². The second-order valence-electron chi connectivity index (χ2n) is 4.09. The Morgan fingerprint density at radius 2 is 2.05 bits per heavy atom. The summed E-state index contributed by atoms with van der Waals surface area (Å²) in [5.74, 6) is -0.481. The highest BCUT2D eigenvalue weighted by Crippen LogP contribution is 2.18. The van der Waals surface area contributed by atoms with Crippen molar-refractivity contribution < 1.29 is 14.3 Å². The average Bonchev–Trinajstić information content (AvgIpc) is 2.38. The van der Waals surface area contributed by atoms with Crippen molar-refractivity contribution in [2.24, 2.45) is 0 Å². The molecule has 0 aliphatic heterocycles. The van der Waals surface area contributed by atoms with E-state index in [0.717, 1.165) is 0 Å². The van der Waals surface area contributed by atoms with Gasteiger partial charge in [0.25, 0.3) is 5.91 Å². The number of anilines is 1. The first kappa shape index (κ1) is 16.3. The van der Waals surface area contributed by atoms with Crippen molar-refractivity contribution in [3.05, 3.63) is 28.8 Å². The van der Waals surface area contributed by atoms with Gasteiger partial charge in [0.2, 0.25) is 5.91 Å². The fourth-order valence-corrected chi connectivity index (χ4v) is 1.76. The van der Waals surface area contributed by atoms with Crippen LogP contribution in [0.2, 0.25) is 5.02 Å². The average molecular weight is 300 g/mol. The van der Waals surface area contributed by atoms with E-state index < -0.39 is 0 Å². The number of hydrogen-bond donors (Lipinski definition) is 3. The zero-order valence-electron chi connectivity index (χ0n) is 11.2. The molecule has 6 nitrogen and oxygen atoms in total. The van der Waals surface area contributed by atoms with Crippen molar-refractivity contribution in [2.45, 2.75) is 6.42 Å². The molecule has 0 heterocycles. The first-order valence-electron chi connectivity index (χ1n) is 6.13. The summed E-state index contributed by atoms with van der Waals surface area (Å²) >= 11 is 5.92. The number of nitrogens with one attached hydrogen (secondary N) is 2. The smallest absolute Gasteiger partial charge is 0.252 e. The molecule has 0 aromatic heterocycles. The Labute approximate surface area is 122 Å². The number of halogens is 1. The molecule has 0 fully saturated rings. The Morgan fingerprint density at radius 3 is 2.70 bits per heavy atom. The molecular weight excluding hydrogens is 282 g/mol. The quantitative estimate of drug-likeness (QED) is 0.513. The summed E-state index contributed by atoms with van der Waals surface area (Å²) in [7, 11) is 1.56. The van der Waals surface area contributed by atoms with Gasteiger partial charge in [-0.1, -0.05) is 11.6 Å². The zero-order chi connectivity index (χ0) is 15.0. The van der Waals surface area contributed by atoms with Gasteiger partial charge in [0, 0.05) is 32.3 Å². The highest BCUT2D eigenvalue weighted by atomic mass is 35.5. The van der Waals surface area contributed by atoms with Crippen LogP contribution in [-0.4, -0.2) is 38.6 Å². The molecule has 0 bridgehead atoms. The van der Waals surface area contributed by atoms with Crippen LogP contribution in [0, 0.1) is 0 Å². The molecule has 7 heteroatoms. The first-order valence-corrected chi connectivity index (χ1v) is 6.51. The molecular formula is C13H18ClN3O3. The Hall–Kier alpha value is -1.79. The van der Waals surface area contributed by atoms with E-state index in [1.807, 2.05) is 0 Å². The molecule has 0 spiro atoms. The van der Waals surface area contributed by atoms with Crippen LogP contribution in [0.3, 0.4) is 0 Å². The molecule has 20 heavy (non-hydrogen) atoms. The van der Waals surface area contributed by atoms with E-state index in [-0.39, 0.29) is 29.8 Å². The summed E-state index contributed by atoms with van der Waals surface area (Å²) in [6, 6.07) is 4.65. The van der Waals surface area contributed by atoms with Crippen molar-refractivity contribution in [2.75, 3.05) is 32.5 Å². The maximum atomic E-state index is 11.8. The van der Waals surface area contributed by atoms with Crippen LogP contribution in [-0.2, 0) is 9.53 Å². The van der Waals surface area contributed by atoms with Crippen molar-refractivity contribution in [1.82, 2.24) is 10.6 Å². The van der Waals surface area contributed by atoms with E-state index >= 15 is 0 Å². The molecule has 1 aromatic rings. The van der Waals surface area contributed by atoms with E-state index in [1.54, 1.807) is 19.2 Å². The lowest BCUT2D eigenvalue weighted by molar-refractivity contribution is -0.121. The number of rotatable bonds is 7.